The lowest BCUT2D eigenvalue weighted by molar-refractivity contribution is 0.436. The quantitative estimate of drug-likeness (QED) is 0.624. The van der Waals surface area contributed by atoms with Gasteiger partial charge in [0.25, 0.3) is 0 Å². The van der Waals surface area contributed by atoms with E-state index in [4.69, 9.17) is 0 Å². The van der Waals surface area contributed by atoms with E-state index in [1.54, 1.807) is 0 Å². The molecule has 3 rings (SSSR count). The van der Waals surface area contributed by atoms with Gasteiger partial charge in [0, 0.05) is 44.7 Å². The molecular formula is C19H31N5S. The maximum Gasteiger partial charge on any atom is 0.191 e. The molecule has 0 aromatic carbocycles. The first kappa shape index (κ1) is 18.4. The highest BCUT2D eigenvalue weighted by molar-refractivity contribution is 8.00. The Morgan fingerprint density at radius 1 is 1.28 bits per heavy atom. The molecule has 0 aliphatic carbocycles. The summed E-state index contributed by atoms with van der Waals surface area (Å²) < 4.78 is 0. The Hall–Kier alpha value is -1.43. The highest BCUT2D eigenvalue weighted by Gasteiger charge is 2.17. The van der Waals surface area contributed by atoms with E-state index in [2.05, 4.69) is 56.3 Å². The van der Waals surface area contributed by atoms with Gasteiger partial charge in [0.1, 0.15) is 5.82 Å². The molecule has 2 aliphatic heterocycles. The van der Waals surface area contributed by atoms with Crippen LogP contribution in [0.25, 0.3) is 0 Å². The summed E-state index contributed by atoms with van der Waals surface area (Å²) in [7, 11) is 1.83. The number of anilines is 1. The topological polar surface area (TPSA) is 52.6 Å². The van der Waals surface area contributed by atoms with Gasteiger partial charge >= 0.3 is 0 Å². The highest BCUT2D eigenvalue weighted by Crippen LogP contribution is 2.25. The number of aliphatic imine (C=N–C) groups is 1. The molecule has 0 saturated carbocycles. The second kappa shape index (κ2) is 9.32. The molecule has 1 aromatic heterocycles. The Bertz CT molecular complexity index is 545. The van der Waals surface area contributed by atoms with E-state index >= 15 is 0 Å². The van der Waals surface area contributed by atoms with E-state index in [-0.39, 0.29) is 0 Å². The third kappa shape index (κ3) is 5.53. The first-order valence-electron chi connectivity index (χ1n) is 9.50. The lowest BCUT2D eigenvalue weighted by Crippen LogP contribution is -2.39. The summed E-state index contributed by atoms with van der Waals surface area (Å²) in [6.45, 7) is 6.34. The van der Waals surface area contributed by atoms with Gasteiger partial charge in [0.2, 0.25) is 0 Å². The van der Waals surface area contributed by atoms with E-state index in [1.165, 1.54) is 37.0 Å². The number of nitrogens with zero attached hydrogens (tertiary/aromatic N) is 3. The number of piperidine rings is 1. The second-order valence-corrected chi connectivity index (χ2v) is 8.54. The summed E-state index contributed by atoms with van der Waals surface area (Å²) in [5.74, 6) is 4.13. The Balaban J connectivity index is 1.44. The van der Waals surface area contributed by atoms with Crippen molar-refractivity contribution in [2.24, 2.45) is 10.9 Å². The fraction of sp³-hybridized carbons (Fsp3) is 0.684. The van der Waals surface area contributed by atoms with Gasteiger partial charge < -0.3 is 15.5 Å². The molecule has 1 unspecified atom stereocenters. The van der Waals surface area contributed by atoms with Crippen molar-refractivity contribution in [3.63, 3.8) is 0 Å². The summed E-state index contributed by atoms with van der Waals surface area (Å²) in [6.07, 6.45) is 7.19. The molecule has 6 heteroatoms. The predicted octanol–water partition coefficient (Wildman–Crippen LogP) is 2.88. The van der Waals surface area contributed by atoms with Crippen LogP contribution in [-0.2, 0) is 6.54 Å². The van der Waals surface area contributed by atoms with Crippen molar-refractivity contribution in [1.29, 1.82) is 0 Å². The van der Waals surface area contributed by atoms with Gasteiger partial charge in [-0.1, -0.05) is 13.0 Å². The minimum absolute atomic E-state index is 0.728. The van der Waals surface area contributed by atoms with Crippen LogP contribution in [0, 0.1) is 5.92 Å². The van der Waals surface area contributed by atoms with Crippen molar-refractivity contribution in [2.75, 3.05) is 37.3 Å². The number of hydrogen-bond donors (Lipinski definition) is 2. The maximum atomic E-state index is 4.66. The second-order valence-electron chi connectivity index (χ2n) is 7.14. The van der Waals surface area contributed by atoms with Crippen LogP contribution in [0.1, 0.15) is 38.2 Å². The van der Waals surface area contributed by atoms with Crippen LogP contribution in [0.15, 0.2) is 23.3 Å². The number of rotatable bonds is 5. The molecule has 2 N–H and O–H groups in total. The minimum Gasteiger partial charge on any atom is -0.357 e. The fourth-order valence-corrected chi connectivity index (χ4v) is 4.57. The van der Waals surface area contributed by atoms with Crippen LogP contribution in [0.5, 0.6) is 0 Å². The zero-order valence-corrected chi connectivity index (χ0v) is 16.3. The normalized spacial score (nSPS) is 22.2. The fourth-order valence-electron chi connectivity index (χ4n) is 3.37. The summed E-state index contributed by atoms with van der Waals surface area (Å²) >= 11 is 2.06. The number of thioether (sulfide) groups is 1. The molecule has 25 heavy (non-hydrogen) atoms. The molecule has 0 spiro atoms. The minimum atomic E-state index is 0.728. The number of nitrogens with one attached hydrogen (secondary N) is 2. The molecule has 2 aliphatic rings. The first-order chi connectivity index (χ1) is 12.2. The van der Waals surface area contributed by atoms with Crippen molar-refractivity contribution >= 4 is 23.5 Å². The molecule has 2 fully saturated rings. The molecular weight excluding hydrogens is 330 g/mol. The van der Waals surface area contributed by atoms with Crippen molar-refractivity contribution in [1.82, 2.24) is 15.6 Å². The maximum absolute atomic E-state index is 4.66. The standard InChI is InChI=1S/C19H31N5S/c1-15-7-9-24(10-8-15)18-6-5-16(12-21-18)13-22-19(20-2)23-14-17-4-3-11-25-17/h5-6,12,15,17H,3-4,7-11,13-14H2,1-2H3,(H2,20,22,23). The van der Waals surface area contributed by atoms with E-state index in [0.717, 1.165) is 49.1 Å². The predicted molar refractivity (Wildman–Crippen MR) is 109 cm³/mol. The van der Waals surface area contributed by atoms with Gasteiger partial charge in [0.15, 0.2) is 5.96 Å². The SMILES string of the molecule is CN=C(NCc1ccc(N2CCC(C)CC2)nc1)NCC1CCCS1. The van der Waals surface area contributed by atoms with E-state index in [0.29, 0.717) is 0 Å². The molecule has 138 valence electrons. The van der Waals surface area contributed by atoms with E-state index in [1.807, 2.05) is 13.2 Å². The largest absolute Gasteiger partial charge is 0.357 e. The number of pyridine rings is 1. The van der Waals surface area contributed by atoms with Crippen LogP contribution in [0.4, 0.5) is 5.82 Å². The number of aromatic nitrogens is 1. The van der Waals surface area contributed by atoms with E-state index < -0.39 is 0 Å². The highest BCUT2D eigenvalue weighted by atomic mass is 32.2. The zero-order chi connectivity index (χ0) is 17.5. The molecule has 3 heterocycles. The molecule has 0 amide bonds. The molecule has 1 aromatic rings. The third-order valence-corrected chi connectivity index (χ3v) is 6.52. The lowest BCUT2D eigenvalue weighted by Gasteiger charge is -2.31. The Morgan fingerprint density at radius 2 is 2.12 bits per heavy atom. The average Bonchev–Trinajstić information content (AvgIpc) is 3.17. The Kier molecular flexibility index (Phi) is 6.84. The van der Waals surface area contributed by atoms with Gasteiger partial charge in [-0.3, -0.25) is 4.99 Å². The molecule has 1 atom stereocenters. The number of guanidine groups is 1. The smallest absolute Gasteiger partial charge is 0.191 e. The van der Waals surface area contributed by atoms with Crippen molar-refractivity contribution in [2.45, 2.75) is 44.4 Å². The third-order valence-electron chi connectivity index (χ3n) is 5.12. The van der Waals surface area contributed by atoms with Crippen molar-refractivity contribution < 1.29 is 0 Å². The summed E-state index contributed by atoms with van der Waals surface area (Å²) in [6, 6.07) is 4.33. The monoisotopic (exact) mass is 361 g/mol. The van der Waals surface area contributed by atoms with Crippen LogP contribution >= 0.6 is 11.8 Å². The van der Waals surface area contributed by atoms with Crippen molar-refractivity contribution in [3.05, 3.63) is 23.9 Å². The van der Waals surface area contributed by atoms with Gasteiger partial charge in [-0.25, -0.2) is 4.98 Å². The average molecular weight is 362 g/mol. The first-order valence-corrected chi connectivity index (χ1v) is 10.6. The van der Waals surface area contributed by atoms with Crippen LogP contribution in [0.3, 0.4) is 0 Å². The Labute approximate surface area is 156 Å². The summed E-state index contributed by atoms with van der Waals surface area (Å²) in [5, 5.41) is 7.56. The van der Waals surface area contributed by atoms with E-state index in [9.17, 15) is 0 Å². The van der Waals surface area contributed by atoms with Crippen LogP contribution in [0.2, 0.25) is 0 Å². The van der Waals surface area contributed by atoms with Gasteiger partial charge in [-0.15, -0.1) is 0 Å². The molecule has 5 nitrogen and oxygen atoms in total. The molecule has 0 radical (unpaired) electrons. The zero-order valence-electron chi connectivity index (χ0n) is 15.5. The van der Waals surface area contributed by atoms with Crippen LogP contribution in [-0.4, -0.2) is 48.6 Å². The van der Waals surface area contributed by atoms with Gasteiger partial charge in [0.05, 0.1) is 0 Å². The van der Waals surface area contributed by atoms with Gasteiger partial charge in [-0.2, -0.15) is 11.8 Å². The summed E-state index contributed by atoms with van der Waals surface area (Å²) in [5.41, 5.74) is 1.19. The van der Waals surface area contributed by atoms with Gasteiger partial charge in [-0.05, 0) is 49.0 Å². The summed E-state index contributed by atoms with van der Waals surface area (Å²) in [4.78, 5) is 11.4. The molecule has 0 bridgehead atoms. The Morgan fingerprint density at radius 3 is 2.76 bits per heavy atom. The van der Waals surface area contributed by atoms with Crippen LogP contribution < -0.4 is 15.5 Å². The van der Waals surface area contributed by atoms with Crippen molar-refractivity contribution in [3.8, 4) is 0 Å². The molecule has 2 saturated heterocycles. The lowest BCUT2D eigenvalue weighted by atomic mass is 9.99. The number of hydrogen-bond acceptors (Lipinski definition) is 4.